The zero-order valence-corrected chi connectivity index (χ0v) is 10.6. The fraction of sp³-hybridized carbons (Fsp3) is 0.462. The molecule has 17 heavy (non-hydrogen) atoms. The molecule has 4 heteroatoms. The lowest BCUT2D eigenvalue weighted by Gasteiger charge is -2.13. The maximum Gasteiger partial charge on any atom is 0.238 e. The van der Waals surface area contributed by atoms with Crippen molar-refractivity contribution in [2.45, 2.75) is 35.8 Å². The average molecular weight is 250 g/mol. The highest BCUT2D eigenvalue weighted by molar-refractivity contribution is 8.00. The van der Waals surface area contributed by atoms with Crippen molar-refractivity contribution in [2.24, 2.45) is 5.73 Å². The first-order valence-electron chi connectivity index (χ1n) is 6.05. The van der Waals surface area contributed by atoms with E-state index in [1.54, 1.807) is 0 Å². The molecule has 0 atom stereocenters. The fourth-order valence-electron chi connectivity index (χ4n) is 2.06. The second kappa shape index (κ2) is 6.07. The molecule has 3 nitrogen and oxygen atoms in total. The van der Waals surface area contributed by atoms with E-state index >= 15 is 0 Å². The Morgan fingerprint density at radius 2 is 2.06 bits per heavy atom. The van der Waals surface area contributed by atoms with Crippen LogP contribution in [0.2, 0.25) is 0 Å². The number of amides is 1. The van der Waals surface area contributed by atoms with Crippen molar-refractivity contribution in [2.75, 3.05) is 11.9 Å². The van der Waals surface area contributed by atoms with E-state index in [-0.39, 0.29) is 12.5 Å². The number of benzene rings is 1. The number of nitrogens with two attached hydrogens (primary N) is 1. The monoisotopic (exact) mass is 250 g/mol. The Hall–Kier alpha value is -1.00. The van der Waals surface area contributed by atoms with Gasteiger partial charge in [-0.3, -0.25) is 4.79 Å². The number of carbonyl (C=O) groups excluding carboxylic acids is 1. The van der Waals surface area contributed by atoms with Crippen LogP contribution in [-0.4, -0.2) is 17.7 Å². The molecule has 1 amide bonds. The summed E-state index contributed by atoms with van der Waals surface area (Å²) < 4.78 is 0. The van der Waals surface area contributed by atoms with Crippen LogP contribution in [0.15, 0.2) is 29.2 Å². The van der Waals surface area contributed by atoms with Gasteiger partial charge in [-0.25, -0.2) is 0 Å². The van der Waals surface area contributed by atoms with E-state index in [1.807, 2.05) is 30.0 Å². The van der Waals surface area contributed by atoms with E-state index in [9.17, 15) is 4.79 Å². The second-order valence-corrected chi connectivity index (χ2v) is 5.61. The van der Waals surface area contributed by atoms with Gasteiger partial charge in [0.15, 0.2) is 0 Å². The van der Waals surface area contributed by atoms with Crippen LogP contribution in [0.25, 0.3) is 0 Å². The maximum atomic E-state index is 11.3. The first-order chi connectivity index (χ1) is 8.29. The van der Waals surface area contributed by atoms with E-state index in [1.165, 1.54) is 25.7 Å². The van der Waals surface area contributed by atoms with Crippen molar-refractivity contribution in [3.05, 3.63) is 24.3 Å². The number of rotatable bonds is 4. The molecule has 1 aliphatic carbocycles. The van der Waals surface area contributed by atoms with Gasteiger partial charge in [-0.15, -0.1) is 11.8 Å². The third kappa shape index (κ3) is 3.48. The van der Waals surface area contributed by atoms with Gasteiger partial charge in [0, 0.05) is 10.1 Å². The largest absolute Gasteiger partial charge is 0.324 e. The Kier molecular flexibility index (Phi) is 4.45. The SMILES string of the molecule is NCC(=O)Nc1ccccc1SC1CCCC1. The summed E-state index contributed by atoms with van der Waals surface area (Å²) in [5, 5.41) is 3.55. The Bertz CT molecular complexity index is 389. The summed E-state index contributed by atoms with van der Waals surface area (Å²) in [5.41, 5.74) is 6.20. The number of thioether (sulfide) groups is 1. The van der Waals surface area contributed by atoms with Crippen LogP contribution in [0, 0.1) is 0 Å². The van der Waals surface area contributed by atoms with Gasteiger partial charge < -0.3 is 11.1 Å². The van der Waals surface area contributed by atoms with Crippen molar-refractivity contribution in [3.63, 3.8) is 0 Å². The van der Waals surface area contributed by atoms with Gasteiger partial charge in [0.25, 0.3) is 0 Å². The lowest BCUT2D eigenvalue weighted by atomic mass is 10.3. The quantitative estimate of drug-likeness (QED) is 0.863. The zero-order valence-electron chi connectivity index (χ0n) is 9.82. The first-order valence-corrected chi connectivity index (χ1v) is 6.93. The van der Waals surface area contributed by atoms with Gasteiger partial charge >= 0.3 is 0 Å². The highest BCUT2D eigenvalue weighted by Crippen LogP contribution is 2.37. The van der Waals surface area contributed by atoms with Gasteiger partial charge in [-0.2, -0.15) is 0 Å². The van der Waals surface area contributed by atoms with Crippen LogP contribution in [0.1, 0.15) is 25.7 Å². The summed E-state index contributed by atoms with van der Waals surface area (Å²) >= 11 is 1.87. The second-order valence-electron chi connectivity index (χ2n) is 4.27. The molecule has 0 aliphatic heterocycles. The number of carbonyl (C=O) groups is 1. The van der Waals surface area contributed by atoms with Gasteiger partial charge in [0.05, 0.1) is 12.2 Å². The third-order valence-corrected chi connectivity index (χ3v) is 4.36. The van der Waals surface area contributed by atoms with Crippen molar-refractivity contribution in [1.29, 1.82) is 0 Å². The van der Waals surface area contributed by atoms with Crippen LogP contribution < -0.4 is 11.1 Å². The summed E-state index contributed by atoms with van der Waals surface area (Å²) in [7, 11) is 0. The van der Waals surface area contributed by atoms with Crippen LogP contribution in [0.4, 0.5) is 5.69 Å². The van der Waals surface area contributed by atoms with Crippen molar-refractivity contribution >= 4 is 23.4 Å². The summed E-state index contributed by atoms with van der Waals surface area (Å²) in [6, 6.07) is 7.94. The lowest BCUT2D eigenvalue weighted by Crippen LogP contribution is -2.22. The van der Waals surface area contributed by atoms with Gasteiger partial charge in [0.1, 0.15) is 0 Å². The van der Waals surface area contributed by atoms with Gasteiger partial charge in [-0.1, -0.05) is 25.0 Å². The van der Waals surface area contributed by atoms with E-state index < -0.39 is 0 Å². The molecule has 92 valence electrons. The summed E-state index contributed by atoms with van der Waals surface area (Å²) in [5.74, 6) is -0.135. The van der Waals surface area contributed by atoms with Crippen LogP contribution in [0.3, 0.4) is 0 Å². The lowest BCUT2D eigenvalue weighted by molar-refractivity contribution is -0.114. The molecular weight excluding hydrogens is 232 g/mol. The minimum Gasteiger partial charge on any atom is -0.324 e. The zero-order chi connectivity index (χ0) is 12.1. The molecule has 1 aromatic rings. The van der Waals surface area contributed by atoms with E-state index in [0.29, 0.717) is 5.25 Å². The Morgan fingerprint density at radius 3 is 2.76 bits per heavy atom. The highest BCUT2D eigenvalue weighted by atomic mass is 32.2. The van der Waals surface area contributed by atoms with Crippen LogP contribution >= 0.6 is 11.8 Å². The number of hydrogen-bond donors (Lipinski definition) is 2. The fourth-order valence-corrected chi connectivity index (χ4v) is 3.39. The van der Waals surface area contributed by atoms with E-state index in [4.69, 9.17) is 5.73 Å². The molecule has 1 saturated carbocycles. The molecule has 2 rings (SSSR count). The van der Waals surface area contributed by atoms with Gasteiger partial charge in [0.2, 0.25) is 5.91 Å². The van der Waals surface area contributed by atoms with Crippen LogP contribution in [0.5, 0.6) is 0 Å². The molecule has 1 fully saturated rings. The average Bonchev–Trinajstić information content (AvgIpc) is 2.84. The number of hydrogen-bond acceptors (Lipinski definition) is 3. The smallest absolute Gasteiger partial charge is 0.238 e. The van der Waals surface area contributed by atoms with Crippen molar-refractivity contribution in [1.82, 2.24) is 0 Å². The predicted octanol–water partition coefficient (Wildman–Crippen LogP) is 2.62. The minimum absolute atomic E-state index is 0.0302. The number of para-hydroxylation sites is 1. The summed E-state index contributed by atoms with van der Waals surface area (Å²) in [6.45, 7) is 0.0302. The van der Waals surface area contributed by atoms with Crippen LogP contribution in [-0.2, 0) is 4.79 Å². The molecule has 0 heterocycles. The predicted molar refractivity (Wildman–Crippen MR) is 72.2 cm³/mol. The molecule has 1 aliphatic rings. The standard InChI is InChI=1S/C13H18N2OS/c14-9-13(16)15-11-7-3-4-8-12(11)17-10-5-1-2-6-10/h3-4,7-8,10H,1-2,5-6,9,14H2,(H,15,16). The Balaban J connectivity index is 2.06. The Morgan fingerprint density at radius 1 is 1.35 bits per heavy atom. The number of anilines is 1. The third-order valence-electron chi connectivity index (χ3n) is 2.94. The van der Waals surface area contributed by atoms with Gasteiger partial charge in [-0.05, 0) is 25.0 Å². The van der Waals surface area contributed by atoms with Crippen molar-refractivity contribution in [3.8, 4) is 0 Å². The molecule has 0 saturated heterocycles. The molecule has 3 N–H and O–H groups in total. The van der Waals surface area contributed by atoms with E-state index in [2.05, 4.69) is 11.4 Å². The normalized spacial score (nSPS) is 16.1. The molecule has 0 unspecified atom stereocenters. The Labute approximate surface area is 106 Å². The van der Waals surface area contributed by atoms with Crippen molar-refractivity contribution < 1.29 is 4.79 Å². The molecule has 0 bridgehead atoms. The molecule has 0 radical (unpaired) electrons. The molecule has 1 aromatic carbocycles. The maximum absolute atomic E-state index is 11.3. The van der Waals surface area contributed by atoms with E-state index in [0.717, 1.165) is 10.6 Å². The first kappa shape index (κ1) is 12.5. The number of nitrogens with one attached hydrogen (secondary N) is 1. The minimum atomic E-state index is -0.135. The highest BCUT2D eigenvalue weighted by Gasteiger charge is 2.17. The molecule has 0 spiro atoms. The summed E-state index contributed by atoms with van der Waals surface area (Å²) in [4.78, 5) is 12.5. The molecular formula is C13H18N2OS. The summed E-state index contributed by atoms with van der Waals surface area (Å²) in [6.07, 6.45) is 5.22. The topological polar surface area (TPSA) is 55.1 Å². The molecule has 0 aromatic heterocycles.